The van der Waals surface area contributed by atoms with Gasteiger partial charge in [0.2, 0.25) is 0 Å². The third-order valence-corrected chi connectivity index (χ3v) is 6.48. The maximum absolute atomic E-state index is 13.0. The van der Waals surface area contributed by atoms with Gasteiger partial charge >= 0.3 is 0 Å². The van der Waals surface area contributed by atoms with E-state index >= 15 is 0 Å². The van der Waals surface area contributed by atoms with Crippen molar-refractivity contribution in [2.75, 3.05) is 15.5 Å². The first-order valence-electron chi connectivity index (χ1n) is 11.4. The van der Waals surface area contributed by atoms with Crippen LogP contribution < -0.4 is 20.3 Å². The van der Waals surface area contributed by atoms with Crippen LogP contribution in [-0.2, 0) is 9.59 Å². The van der Waals surface area contributed by atoms with Crippen molar-refractivity contribution < 1.29 is 19.1 Å². The highest BCUT2D eigenvalue weighted by Gasteiger charge is 2.39. The molecule has 4 aromatic rings. The number of anilines is 3. The van der Waals surface area contributed by atoms with Crippen molar-refractivity contribution in [1.29, 1.82) is 0 Å². The molecule has 188 valence electrons. The van der Waals surface area contributed by atoms with Gasteiger partial charge in [-0.3, -0.25) is 14.4 Å². The highest BCUT2D eigenvalue weighted by Crippen LogP contribution is 2.31. The molecule has 4 aromatic carbocycles. The van der Waals surface area contributed by atoms with Crippen LogP contribution in [0.25, 0.3) is 0 Å². The summed E-state index contributed by atoms with van der Waals surface area (Å²) in [6.45, 7) is 0. The van der Waals surface area contributed by atoms with Crippen LogP contribution in [0, 0.1) is 0 Å². The lowest BCUT2D eigenvalue weighted by atomic mass is 10.1. The quantitative estimate of drug-likeness (QED) is 0.229. The molecule has 0 aromatic heterocycles. The zero-order chi connectivity index (χ0) is 26.6. The van der Waals surface area contributed by atoms with Crippen LogP contribution in [0.3, 0.4) is 0 Å². The van der Waals surface area contributed by atoms with Gasteiger partial charge in [0.15, 0.2) is 0 Å². The van der Waals surface area contributed by atoms with Crippen molar-refractivity contribution in [3.63, 3.8) is 0 Å². The van der Waals surface area contributed by atoms with Crippen LogP contribution in [0.2, 0.25) is 0 Å². The lowest BCUT2D eigenvalue weighted by Gasteiger charge is -2.15. The van der Waals surface area contributed by atoms with Crippen LogP contribution in [0.15, 0.2) is 118 Å². The minimum absolute atomic E-state index is 0.0638. The van der Waals surface area contributed by atoms with E-state index in [1.54, 1.807) is 72.8 Å². The minimum atomic E-state index is -0.630. The van der Waals surface area contributed by atoms with Crippen molar-refractivity contribution in [2.45, 2.75) is 0 Å². The Balaban J connectivity index is 1.26. The predicted octanol–water partition coefficient (Wildman–Crippen LogP) is 6.93. The number of rotatable bonds is 7. The number of hydrogen-bond acceptors (Lipinski definition) is 5. The molecule has 0 spiro atoms. The Hall–Kier alpha value is -4.40. The topological polar surface area (TPSA) is 87.7 Å². The second-order valence-corrected chi connectivity index (χ2v) is 9.50. The molecule has 1 aliphatic rings. The molecule has 0 saturated carbocycles. The predicted molar refractivity (Wildman–Crippen MR) is 150 cm³/mol. The van der Waals surface area contributed by atoms with E-state index in [9.17, 15) is 14.4 Å². The first-order valence-corrected chi connectivity index (χ1v) is 12.6. The molecule has 9 heteroatoms. The fraction of sp³-hybridized carbons (Fsp3) is 0. The Labute approximate surface area is 231 Å². The summed E-state index contributed by atoms with van der Waals surface area (Å²) in [4.78, 5) is 39.6. The molecule has 0 fully saturated rings. The van der Waals surface area contributed by atoms with E-state index in [2.05, 4.69) is 26.6 Å². The van der Waals surface area contributed by atoms with Crippen LogP contribution in [0.5, 0.6) is 11.5 Å². The van der Waals surface area contributed by atoms with E-state index in [-0.39, 0.29) is 16.6 Å². The Bertz CT molecular complexity index is 1560. The largest absolute Gasteiger partial charge is 0.457 e. The normalized spacial score (nSPS) is 13.1. The van der Waals surface area contributed by atoms with Gasteiger partial charge in [-0.15, -0.1) is 0 Å². The number of carbonyl (C=O) groups is 3. The number of nitrogens with zero attached hydrogens (tertiary/aromatic N) is 1. The molecule has 0 bridgehead atoms. The van der Waals surface area contributed by atoms with E-state index in [4.69, 9.17) is 16.3 Å². The molecule has 0 aliphatic carbocycles. The van der Waals surface area contributed by atoms with E-state index < -0.39 is 11.8 Å². The molecule has 1 heterocycles. The van der Waals surface area contributed by atoms with Crippen molar-refractivity contribution in [3.05, 3.63) is 124 Å². The number of para-hydroxylation sites is 1. The number of hydrogen-bond donors (Lipinski definition) is 2. The third-order valence-electron chi connectivity index (χ3n) is 5.60. The summed E-state index contributed by atoms with van der Waals surface area (Å²) in [6.07, 6.45) is 0. The van der Waals surface area contributed by atoms with Gasteiger partial charge in [0.05, 0.1) is 5.69 Å². The highest BCUT2D eigenvalue weighted by molar-refractivity contribution is 9.10. The van der Waals surface area contributed by atoms with Gasteiger partial charge < -0.3 is 15.4 Å². The second-order valence-electron chi connectivity index (χ2n) is 8.21. The number of nitrogens with one attached hydrogen (secondary N) is 2. The fourth-order valence-electron chi connectivity index (χ4n) is 3.75. The molecule has 7 nitrogen and oxygen atoms in total. The van der Waals surface area contributed by atoms with Gasteiger partial charge in [-0.05, 0) is 78.9 Å². The van der Waals surface area contributed by atoms with Gasteiger partial charge in [0.1, 0.15) is 22.2 Å². The average molecular weight is 589 g/mol. The van der Waals surface area contributed by atoms with Crippen molar-refractivity contribution in [2.24, 2.45) is 0 Å². The van der Waals surface area contributed by atoms with Crippen molar-refractivity contribution >= 4 is 62.3 Å². The Morgan fingerprint density at radius 3 is 2.16 bits per heavy atom. The minimum Gasteiger partial charge on any atom is -0.457 e. The summed E-state index contributed by atoms with van der Waals surface area (Å²) in [5.74, 6) is -0.217. The fourth-order valence-corrected chi connectivity index (χ4v) is 4.23. The molecular formula is C29H19BrClN3O4. The smallest absolute Gasteiger partial charge is 0.283 e. The first-order chi connectivity index (χ1) is 18.4. The maximum Gasteiger partial charge on any atom is 0.283 e. The van der Waals surface area contributed by atoms with Crippen LogP contribution in [-0.4, -0.2) is 17.7 Å². The lowest BCUT2D eigenvalue weighted by Crippen LogP contribution is -2.32. The zero-order valence-corrected chi connectivity index (χ0v) is 22.0. The van der Waals surface area contributed by atoms with Gasteiger partial charge in [-0.2, -0.15) is 0 Å². The summed E-state index contributed by atoms with van der Waals surface area (Å²) < 4.78 is 6.58. The molecule has 5 rings (SSSR count). The monoisotopic (exact) mass is 587 g/mol. The second kappa shape index (κ2) is 10.9. The SMILES string of the molecule is O=C(Nc1ccc(Oc2ccccc2)cc1)c1cccc(NC2=C(Cl)C(=O)N(c3ccc(Br)cc3)C2=O)c1. The van der Waals surface area contributed by atoms with E-state index in [0.29, 0.717) is 34.1 Å². The molecule has 1 aliphatic heterocycles. The Morgan fingerprint density at radius 1 is 0.763 bits per heavy atom. The van der Waals surface area contributed by atoms with Crippen LogP contribution in [0.4, 0.5) is 17.1 Å². The number of halogens is 2. The summed E-state index contributed by atoms with van der Waals surface area (Å²) >= 11 is 9.56. The van der Waals surface area contributed by atoms with E-state index in [0.717, 1.165) is 9.37 Å². The Morgan fingerprint density at radius 2 is 1.45 bits per heavy atom. The molecule has 0 radical (unpaired) electrons. The number of amides is 3. The van der Waals surface area contributed by atoms with Gasteiger partial charge in [0, 0.05) is 21.4 Å². The molecule has 0 unspecified atom stereocenters. The number of ether oxygens (including phenoxy) is 1. The standard InChI is InChI=1S/C29H19BrClN3O4/c30-19-9-13-22(14-10-19)34-28(36)25(31)26(29(34)37)32-21-6-4-5-18(17-21)27(35)33-20-11-15-24(16-12-20)38-23-7-2-1-3-8-23/h1-17,32H,(H,33,35). The highest BCUT2D eigenvalue weighted by atomic mass is 79.9. The number of imide groups is 1. The molecule has 0 atom stereocenters. The van der Waals surface area contributed by atoms with Crippen molar-refractivity contribution in [1.82, 2.24) is 0 Å². The zero-order valence-electron chi connectivity index (χ0n) is 19.7. The molecule has 0 saturated heterocycles. The molecule has 38 heavy (non-hydrogen) atoms. The average Bonchev–Trinajstić information content (AvgIpc) is 3.14. The number of carbonyl (C=O) groups excluding carboxylic acids is 3. The van der Waals surface area contributed by atoms with Gasteiger partial charge in [0.25, 0.3) is 17.7 Å². The molecule has 3 amide bonds. The summed E-state index contributed by atoms with van der Waals surface area (Å²) in [5.41, 5.74) is 1.69. The first kappa shape index (κ1) is 25.3. The van der Waals surface area contributed by atoms with Gasteiger partial charge in [-0.1, -0.05) is 51.8 Å². The molecular weight excluding hydrogens is 570 g/mol. The summed E-state index contributed by atoms with van der Waals surface area (Å²) in [5, 5.41) is 5.50. The van der Waals surface area contributed by atoms with E-state index in [1.165, 1.54) is 0 Å². The van der Waals surface area contributed by atoms with Gasteiger partial charge in [-0.25, -0.2) is 4.90 Å². The van der Waals surface area contributed by atoms with Crippen molar-refractivity contribution in [3.8, 4) is 11.5 Å². The lowest BCUT2D eigenvalue weighted by molar-refractivity contribution is -0.120. The Kier molecular flexibility index (Phi) is 7.26. The molecule has 2 N–H and O–H groups in total. The summed E-state index contributed by atoms with van der Waals surface area (Å²) in [7, 11) is 0. The maximum atomic E-state index is 13.0. The van der Waals surface area contributed by atoms with Crippen LogP contribution >= 0.6 is 27.5 Å². The summed E-state index contributed by atoms with van der Waals surface area (Å²) in [6, 6.07) is 29.6. The third kappa shape index (κ3) is 5.46. The number of benzene rings is 4. The van der Waals surface area contributed by atoms with E-state index in [1.807, 2.05) is 30.3 Å². The van der Waals surface area contributed by atoms with Crippen LogP contribution in [0.1, 0.15) is 10.4 Å².